The molecule has 5 rings (SSSR count). The molecule has 168 valence electrons. The molecule has 3 fully saturated rings. The molecule has 3 saturated heterocycles. The highest BCUT2D eigenvalue weighted by Gasteiger charge is 2.50. The summed E-state index contributed by atoms with van der Waals surface area (Å²) in [6.07, 6.45) is 4.10. The van der Waals surface area contributed by atoms with Crippen molar-refractivity contribution in [1.29, 1.82) is 0 Å². The minimum atomic E-state index is -0.165. The van der Waals surface area contributed by atoms with Gasteiger partial charge in [0.25, 0.3) is 0 Å². The van der Waals surface area contributed by atoms with Crippen LogP contribution in [0.5, 0.6) is 0 Å². The van der Waals surface area contributed by atoms with Gasteiger partial charge in [-0.05, 0) is 50.3 Å². The molecule has 1 aromatic carbocycles. The number of fused-ring (bicyclic) bond motifs is 1. The molecule has 0 radical (unpaired) electrons. The van der Waals surface area contributed by atoms with Crippen LogP contribution in [0.3, 0.4) is 0 Å². The molecule has 1 aromatic heterocycles. The Balaban J connectivity index is 1.40. The van der Waals surface area contributed by atoms with E-state index in [1.807, 2.05) is 53.1 Å². The number of likely N-dealkylation sites (tertiary alicyclic amines) is 1. The number of piperazine rings is 1. The van der Waals surface area contributed by atoms with Gasteiger partial charge in [-0.15, -0.1) is 0 Å². The second kappa shape index (κ2) is 9.02. The lowest BCUT2D eigenvalue weighted by atomic mass is 9.91. The van der Waals surface area contributed by atoms with Crippen LogP contribution < -0.4 is 0 Å². The number of benzene rings is 1. The Hall–Kier alpha value is -2.73. The molecule has 2 unspecified atom stereocenters. The largest absolute Gasteiger partial charge is 0.342 e. The number of rotatable bonds is 4. The highest BCUT2D eigenvalue weighted by atomic mass is 16.2. The van der Waals surface area contributed by atoms with Crippen molar-refractivity contribution in [3.63, 3.8) is 0 Å². The van der Waals surface area contributed by atoms with Gasteiger partial charge in [-0.25, -0.2) is 0 Å². The maximum absolute atomic E-state index is 13.6. The minimum Gasteiger partial charge on any atom is -0.342 e. The number of aryl methyl sites for hydroxylation is 1. The van der Waals surface area contributed by atoms with Crippen LogP contribution in [0.15, 0.2) is 48.5 Å². The van der Waals surface area contributed by atoms with Crippen LogP contribution in [0, 0.1) is 12.8 Å². The van der Waals surface area contributed by atoms with Crippen LogP contribution in [0.1, 0.15) is 48.7 Å². The monoisotopic (exact) mass is 432 g/mol. The molecule has 3 aliphatic heterocycles. The number of piperidine rings is 1. The van der Waals surface area contributed by atoms with Gasteiger partial charge in [0.05, 0.1) is 24.2 Å². The van der Waals surface area contributed by atoms with E-state index in [0.29, 0.717) is 13.1 Å². The van der Waals surface area contributed by atoms with Crippen molar-refractivity contribution in [2.75, 3.05) is 26.2 Å². The third-order valence-electron chi connectivity index (χ3n) is 7.17. The molecular weight excluding hydrogens is 400 g/mol. The van der Waals surface area contributed by atoms with Crippen molar-refractivity contribution in [3.8, 4) is 0 Å². The summed E-state index contributed by atoms with van der Waals surface area (Å²) in [7, 11) is 0. The molecule has 0 saturated carbocycles. The number of carbonyl (C=O) groups is 2. The fourth-order valence-corrected chi connectivity index (χ4v) is 5.78. The molecular formula is C26H32N4O2. The summed E-state index contributed by atoms with van der Waals surface area (Å²) in [6.45, 7) is 5.51. The summed E-state index contributed by atoms with van der Waals surface area (Å²) >= 11 is 0. The highest BCUT2D eigenvalue weighted by Crippen LogP contribution is 2.44. The maximum atomic E-state index is 13.6. The van der Waals surface area contributed by atoms with E-state index in [4.69, 9.17) is 0 Å². The van der Waals surface area contributed by atoms with Gasteiger partial charge in [0, 0.05) is 37.9 Å². The van der Waals surface area contributed by atoms with Gasteiger partial charge in [0.2, 0.25) is 11.8 Å². The summed E-state index contributed by atoms with van der Waals surface area (Å²) in [6, 6.07) is 16.1. The molecule has 0 aliphatic carbocycles. The molecule has 6 heteroatoms. The van der Waals surface area contributed by atoms with E-state index in [1.54, 1.807) is 0 Å². The summed E-state index contributed by atoms with van der Waals surface area (Å²) in [5.41, 5.74) is 3.06. The Morgan fingerprint density at radius 2 is 1.81 bits per heavy atom. The maximum Gasteiger partial charge on any atom is 0.237 e. The Morgan fingerprint density at radius 3 is 2.56 bits per heavy atom. The average molecular weight is 433 g/mol. The predicted octanol–water partition coefficient (Wildman–Crippen LogP) is 3.18. The first-order valence-electron chi connectivity index (χ1n) is 11.9. The third-order valence-corrected chi connectivity index (χ3v) is 7.17. The Labute approximate surface area is 190 Å². The van der Waals surface area contributed by atoms with Crippen LogP contribution in [-0.2, 0) is 16.1 Å². The lowest BCUT2D eigenvalue weighted by molar-refractivity contribution is -0.142. The molecule has 4 heterocycles. The third kappa shape index (κ3) is 4.16. The van der Waals surface area contributed by atoms with Crippen molar-refractivity contribution >= 4 is 11.8 Å². The van der Waals surface area contributed by atoms with Gasteiger partial charge < -0.3 is 9.80 Å². The minimum absolute atomic E-state index is 0.0602. The first-order valence-corrected chi connectivity index (χ1v) is 11.9. The SMILES string of the molecule is Cc1cccc(CN2CC(=O)N3C(c4ccccc4)C(C(=O)N4CCCCC4)C[C@H]3C2)n1. The fraction of sp³-hybridized carbons (Fsp3) is 0.500. The number of carbonyl (C=O) groups excluding carboxylic acids is 2. The lowest BCUT2D eigenvalue weighted by Crippen LogP contribution is -2.54. The quantitative estimate of drug-likeness (QED) is 0.745. The van der Waals surface area contributed by atoms with Crippen molar-refractivity contribution in [1.82, 2.24) is 19.7 Å². The molecule has 2 amide bonds. The van der Waals surface area contributed by atoms with E-state index < -0.39 is 0 Å². The van der Waals surface area contributed by atoms with Gasteiger partial charge >= 0.3 is 0 Å². The van der Waals surface area contributed by atoms with Gasteiger partial charge in [0.15, 0.2) is 0 Å². The zero-order valence-electron chi connectivity index (χ0n) is 18.8. The lowest BCUT2D eigenvalue weighted by Gasteiger charge is -2.40. The first-order chi connectivity index (χ1) is 15.6. The number of hydrogen-bond acceptors (Lipinski definition) is 4. The Kier molecular flexibility index (Phi) is 5.96. The molecule has 0 spiro atoms. The molecule has 6 nitrogen and oxygen atoms in total. The molecule has 0 bridgehead atoms. The normalized spacial score (nSPS) is 26.3. The van der Waals surface area contributed by atoms with Crippen LogP contribution in [-0.4, -0.2) is 63.7 Å². The van der Waals surface area contributed by atoms with Crippen molar-refractivity contribution < 1.29 is 9.59 Å². The van der Waals surface area contributed by atoms with Crippen LogP contribution in [0.25, 0.3) is 0 Å². The van der Waals surface area contributed by atoms with E-state index in [9.17, 15) is 9.59 Å². The second-order valence-corrected chi connectivity index (χ2v) is 9.48. The number of pyridine rings is 1. The summed E-state index contributed by atoms with van der Waals surface area (Å²) in [5.74, 6) is 0.186. The molecule has 2 aromatic rings. The molecule has 3 atom stereocenters. The van der Waals surface area contributed by atoms with Crippen LogP contribution >= 0.6 is 0 Å². The number of aromatic nitrogens is 1. The van der Waals surface area contributed by atoms with Crippen molar-refractivity contribution in [2.45, 2.75) is 51.2 Å². The zero-order valence-corrected chi connectivity index (χ0v) is 18.8. The average Bonchev–Trinajstić information content (AvgIpc) is 3.20. The summed E-state index contributed by atoms with van der Waals surface area (Å²) < 4.78 is 0. The molecule has 0 N–H and O–H groups in total. The van der Waals surface area contributed by atoms with Gasteiger partial charge in [-0.1, -0.05) is 36.4 Å². The van der Waals surface area contributed by atoms with Gasteiger partial charge in [-0.3, -0.25) is 19.5 Å². The Bertz CT molecular complexity index is 973. The van der Waals surface area contributed by atoms with E-state index >= 15 is 0 Å². The van der Waals surface area contributed by atoms with Crippen molar-refractivity contribution in [2.24, 2.45) is 5.92 Å². The Morgan fingerprint density at radius 1 is 1.03 bits per heavy atom. The molecule has 32 heavy (non-hydrogen) atoms. The molecule has 3 aliphatic rings. The highest BCUT2D eigenvalue weighted by molar-refractivity contribution is 5.85. The summed E-state index contributed by atoms with van der Waals surface area (Å²) in [5, 5.41) is 0. The predicted molar refractivity (Wildman–Crippen MR) is 123 cm³/mol. The van der Waals surface area contributed by atoms with Crippen LogP contribution in [0.4, 0.5) is 0 Å². The number of nitrogens with zero attached hydrogens (tertiary/aromatic N) is 4. The van der Waals surface area contributed by atoms with Gasteiger partial charge in [-0.2, -0.15) is 0 Å². The smallest absolute Gasteiger partial charge is 0.237 e. The van der Waals surface area contributed by atoms with Crippen LogP contribution in [0.2, 0.25) is 0 Å². The number of amides is 2. The summed E-state index contributed by atoms with van der Waals surface area (Å²) in [4.78, 5) is 37.9. The van der Waals surface area contributed by atoms with Crippen molar-refractivity contribution in [3.05, 3.63) is 65.5 Å². The van der Waals surface area contributed by atoms with Gasteiger partial charge in [0.1, 0.15) is 0 Å². The first kappa shape index (κ1) is 21.1. The van der Waals surface area contributed by atoms with E-state index in [2.05, 4.69) is 22.0 Å². The topological polar surface area (TPSA) is 56.8 Å². The standard InChI is InChI=1S/C26H32N4O2/c1-19-9-8-12-21(27-19)16-28-17-22-15-23(26(32)29-13-6-3-7-14-29)25(30(22)24(31)18-28)20-10-4-2-5-11-20/h2,4-5,8-12,22-23,25H,3,6-7,13-18H2,1H3/t22-,23?,25?/m0/s1. The second-order valence-electron chi connectivity index (χ2n) is 9.48. The number of hydrogen-bond donors (Lipinski definition) is 0. The fourth-order valence-electron chi connectivity index (χ4n) is 5.78. The van der Waals surface area contributed by atoms with E-state index in [0.717, 1.165) is 55.8 Å². The zero-order chi connectivity index (χ0) is 22.1. The van der Waals surface area contributed by atoms with E-state index in [1.165, 1.54) is 6.42 Å². The van der Waals surface area contributed by atoms with E-state index in [-0.39, 0.29) is 29.8 Å².